The quantitative estimate of drug-likeness (QED) is 0.631. The molecule has 9 heteroatoms. The molecule has 1 unspecified atom stereocenters. The highest BCUT2D eigenvalue weighted by atomic mass is 79.9. The maximum absolute atomic E-state index is 13.4. The molecule has 0 N–H and O–H groups in total. The zero-order chi connectivity index (χ0) is 19.0. The number of benzene rings is 1. The van der Waals surface area contributed by atoms with Crippen molar-refractivity contribution >= 4 is 21.6 Å². The molecular formula is C18H17BrFN5O2. The monoisotopic (exact) mass is 433 g/mol. The van der Waals surface area contributed by atoms with E-state index in [1.165, 1.54) is 16.8 Å². The first-order valence-electron chi connectivity index (χ1n) is 8.59. The van der Waals surface area contributed by atoms with E-state index in [4.69, 9.17) is 4.52 Å². The van der Waals surface area contributed by atoms with Crippen LogP contribution in [0.1, 0.15) is 24.7 Å². The van der Waals surface area contributed by atoms with Crippen molar-refractivity contribution in [2.45, 2.75) is 18.8 Å². The largest absolute Gasteiger partial charge is 0.368 e. The summed E-state index contributed by atoms with van der Waals surface area (Å²) in [6, 6.07) is 6.11. The fourth-order valence-electron chi connectivity index (χ4n) is 3.27. The molecule has 0 spiro atoms. The highest BCUT2D eigenvalue weighted by Crippen LogP contribution is 2.32. The normalized spacial score (nSPS) is 17.3. The van der Waals surface area contributed by atoms with E-state index in [0.29, 0.717) is 28.3 Å². The number of hydrogen-bond donors (Lipinski definition) is 0. The summed E-state index contributed by atoms with van der Waals surface area (Å²) in [6.07, 6.45) is 3.50. The van der Waals surface area contributed by atoms with Crippen LogP contribution in [0.15, 0.2) is 44.3 Å². The molecule has 0 bridgehead atoms. The summed E-state index contributed by atoms with van der Waals surface area (Å²) >= 11 is 3.38. The second-order valence-electron chi connectivity index (χ2n) is 6.52. The van der Waals surface area contributed by atoms with E-state index in [9.17, 15) is 9.18 Å². The van der Waals surface area contributed by atoms with Gasteiger partial charge in [0, 0.05) is 25.7 Å². The molecule has 1 atom stereocenters. The van der Waals surface area contributed by atoms with Gasteiger partial charge in [0.1, 0.15) is 10.3 Å². The van der Waals surface area contributed by atoms with E-state index in [1.807, 2.05) is 0 Å². The Morgan fingerprint density at radius 2 is 2.22 bits per heavy atom. The second-order valence-corrected chi connectivity index (χ2v) is 7.32. The first kappa shape index (κ1) is 17.8. The SMILES string of the molecule is Cn1ncc(N2CCCC(c3nc(-c4cccc(F)c4)no3)C2)c(Br)c1=O. The summed E-state index contributed by atoms with van der Waals surface area (Å²) in [5, 5.41) is 8.11. The molecule has 1 aliphatic rings. The third-order valence-corrected chi connectivity index (χ3v) is 5.44. The van der Waals surface area contributed by atoms with Gasteiger partial charge in [-0.3, -0.25) is 4.79 Å². The average molecular weight is 434 g/mol. The lowest BCUT2D eigenvalue weighted by molar-refractivity contribution is 0.333. The summed E-state index contributed by atoms with van der Waals surface area (Å²) in [7, 11) is 1.61. The molecule has 1 aromatic carbocycles. The van der Waals surface area contributed by atoms with E-state index >= 15 is 0 Å². The Balaban J connectivity index is 1.57. The highest BCUT2D eigenvalue weighted by molar-refractivity contribution is 9.10. The van der Waals surface area contributed by atoms with Crippen LogP contribution >= 0.6 is 15.9 Å². The van der Waals surface area contributed by atoms with E-state index in [0.717, 1.165) is 25.1 Å². The van der Waals surface area contributed by atoms with Gasteiger partial charge >= 0.3 is 0 Å². The molecule has 140 valence electrons. The summed E-state index contributed by atoms with van der Waals surface area (Å²) in [5.41, 5.74) is 1.16. The van der Waals surface area contributed by atoms with Gasteiger partial charge in [0.15, 0.2) is 0 Å². The van der Waals surface area contributed by atoms with Gasteiger partial charge in [-0.25, -0.2) is 9.07 Å². The van der Waals surface area contributed by atoms with Crippen molar-refractivity contribution < 1.29 is 8.91 Å². The zero-order valence-corrected chi connectivity index (χ0v) is 16.2. The maximum Gasteiger partial charge on any atom is 0.282 e. The van der Waals surface area contributed by atoms with Crippen LogP contribution in [-0.4, -0.2) is 33.0 Å². The van der Waals surface area contributed by atoms with Crippen LogP contribution < -0.4 is 10.5 Å². The topological polar surface area (TPSA) is 77.1 Å². The fourth-order valence-corrected chi connectivity index (χ4v) is 3.88. The van der Waals surface area contributed by atoms with E-state index in [1.54, 1.807) is 25.4 Å². The number of piperidine rings is 1. The molecule has 2 aromatic heterocycles. The lowest BCUT2D eigenvalue weighted by Crippen LogP contribution is -2.36. The molecule has 3 aromatic rings. The van der Waals surface area contributed by atoms with Crippen LogP contribution in [0, 0.1) is 5.82 Å². The highest BCUT2D eigenvalue weighted by Gasteiger charge is 2.28. The van der Waals surface area contributed by atoms with Crippen molar-refractivity contribution in [2.75, 3.05) is 18.0 Å². The van der Waals surface area contributed by atoms with Crippen molar-refractivity contribution in [1.82, 2.24) is 19.9 Å². The van der Waals surface area contributed by atoms with Gasteiger partial charge in [-0.2, -0.15) is 10.1 Å². The molecular weight excluding hydrogens is 417 g/mol. The summed E-state index contributed by atoms with van der Waals surface area (Å²) in [4.78, 5) is 18.7. The molecule has 1 fully saturated rings. The molecule has 1 saturated heterocycles. The number of rotatable bonds is 3. The minimum atomic E-state index is -0.342. The van der Waals surface area contributed by atoms with E-state index < -0.39 is 0 Å². The molecule has 3 heterocycles. The second kappa shape index (κ2) is 7.22. The average Bonchev–Trinajstić information content (AvgIpc) is 3.17. The fraction of sp³-hybridized carbons (Fsp3) is 0.333. The maximum atomic E-state index is 13.4. The number of aryl methyl sites for hydroxylation is 1. The Kier molecular flexibility index (Phi) is 4.77. The number of hydrogen-bond acceptors (Lipinski definition) is 6. The van der Waals surface area contributed by atoms with Gasteiger partial charge in [-0.15, -0.1) is 0 Å². The van der Waals surface area contributed by atoms with Crippen LogP contribution in [0.4, 0.5) is 10.1 Å². The molecule has 0 radical (unpaired) electrons. The third kappa shape index (κ3) is 3.51. The van der Waals surface area contributed by atoms with Crippen LogP contribution in [0.25, 0.3) is 11.4 Å². The first-order valence-corrected chi connectivity index (χ1v) is 9.38. The van der Waals surface area contributed by atoms with Crippen LogP contribution in [0.2, 0.25) is 0 Å². The van der Waals surface area contributed by atoms with Gasteiger partial charge in [0.2, 0.25) is 11.7 Å². The van der Waals surface area contributed by atoms with E-state index in [2.05, 4.69) is 36.1 Å². The predicted octanol–water partition coefficient (Wildman–Crippen LogP) is 3.12. The van der Waals surface area contributed by atoms with Gasteiger partial charge in [-0.1, -0.05) is 17.3 Å². The third-order valence-electron chi connectivity index (χ3n) is 4.70. The smallest absolute Gasteiger partial charge is 0.282 e. The number of halogens is 2. The Morgan fingerprint density at radius 1 is 1.37 bits per heavy atom. The predicted molar refractivity (Wildman–Crippen MR) is 101 cm³/mol. The van der Waals surface area contributed by atoms with Crippen molar-refractivity contribution in [3.05, 3.63) is 57.0 Å². The molecule has 0 saturated carbocycles. The molecule has 0 aliphatic carbocycles. The van der Waals surface area contributed by atoms with Crippen LogP contribution in [-0.2, 0) is 7.05 Å². The minimum Gasteiger partial charge on any atom is -0.368 e. The number of anilines is 1. The molecule has 0 amide bonds. The minimum absolute atomic E-state index is 0.0320. The lowest BCUT2D eigenvalue weighted by Gasteiger charge is -2.33. The Hall–Kier alpha value is -2.55. The molecule has 7 nitrogen and oxygen atoms in total. The van der Waals surface area contributed by atoms with Crippen LogP contribution in [0.5, 0.6) is 0 Å². The Labute approximate surface area is 162 Å². The first-order chi connectivity index (χ1) is 13.0. The zero-order valence-electron chi connectivity index (χ0n) is 14.6. The molecule has 4 rings (SSSR count). The van der Waals surface area contributed by atoms with Crippen molar-refractivity contribution in [2.24, 2.45) is 7.05 Å². The summed E-state index contributed by atoms with van der Waals surface area (Å²) in [5.74, 6) is 0.583. The summed E-state index contributed by atoms with van der Waals surface area (Å²) < 4.78 is 20.7. The molecule has 27 heavy (non-hydrogen) atoms. The number of nitrogens with zero attached hydrogens (tertiary/aromatic N) is 5. The lowest BCUT2D eigenvalue weighted by atomic mass is 9.97. The Morgan fingerprint density at radius 3 is 3.04 bits per heavy atom. The van der Waals surface area contributed by atoms with Crippen molar-refractivity contribution in [3.63, 3.8) is 0 Å². The molecule has 1 aliphatic heterocycles. The summed E-state index contributed by atoms with van der Waals surface area (Å²) in [6.45, 7) is 1.45. The van der Waals surface area contributed by atoms with Gasteiger partial charge in [-0.05, 0) is 40.9 Å². The van der Waals surface area contributed by atoms with Gasteiger partial charge in [0.25, 0.3) is 5.56 Å². The van der Waals surface area contributed by atoms with Crippen LogP contribution in [0.3, 0.4) is 0 Å². The van der Waals surface area contributed by atoms with Gasteiger partial charge in [0.05, 0.1) is 17.8 Å². The standard InChI is InChI=1S/C18H17BrFN5O2/c1-24-18(26)15(19)14(9-21-24)25-7-3-5-12(10-25)17-22-16(23-27-17)11-4-2-6-13(20)8-11/h2,4,6,8-9,12H,3,5,7,10H2,1H3. The van der Waals surface area contributed by atoms with Crippen molar-refractivity contribution in [3.8, 4) is 11.4 Å². The van der Waals surface area contributed by atoms with E-state index in [-0.39, 0.29) is 17.3 Å². The van der Waals surface area contributed by atoms with Crippen molar-refractivity contribution in [1.29, 1.82) is 0 Å². The Bertz CT molecular complexity index is 1030. The van der Waals surface area contributed by atoms with Gasteiger partial charge < -0.3 is 9.42 Å². The number of aromatic nitrogens is 4.